The summed E-state index contributed by atoms with van der Waals surface area (Å²) in [6, 6.07) is 0. The van der Waals surface area contributed by atoms with Crippen LogP contribution in [0.5, 0.6) is 0 Å². The summed E-state index contributed by atoms with van der Waals surface area (Å²) >= 11 is 0.952. The first-order chi connectivity index (χ1) is 8.44. The molecule has 1 aliphatic rings. The SMILES string of the molecule is Cc1csc(C(=O)O)c1S(=O)(=O)N1CC=CCC1. The van der Waals surface area contributed by atoms with E-state index < -0.39 is 16.0 Å². The van der Waals surface area contributed by atoms with Crippen LogP contribution in [0.1, 0.15) is 21.7 Å². The number of carboxylic acids is 1. The van der Waals surface area contributed by atoms with E-state index in [9.17, 15) is 13.2 Å². The van der Waals surface area contributed by atoms with E-state index in [4.69, 9.17) is 5.11 Å². The first kappa shape index (κ1) is 13.3. The summed E-state index contributed by atoms with van der Waals surface area (Å²) in [7, 11) is -3.71. The Morgan fingerprint density at radius 1 is 1.44 bits per heavy atom. The molecule has 1 aromatic rings. The Kier molecular flexibility index (Phi) is 3.56. The topological polar surface area (TPSA) is 74.7 Å². The Morgan fingerprint density at radius 3 is 2.72 bits per heavy atom. The van der Waals surface area contributed by atoms with E-state index in [-0.39, 0.29) is 9.77 Å². The Hall–Kier alpha value is -1.18. The molecule has 0 amide bonds. The maximum atomic E-state index is 12.4. The highest BCUT2D eigenvalue weighted by molar-refractivity contribution is 7.89. The van der Waals surface area contributed by atoms with Crippen LogP contribution in [0.4, 0.5) is 0 Å². The molecule has 0 spiro atoms. The lowest BCUT2D eigenvalue weighted by molar-refractivity contribution is 0.0698. The van der Waals surface area contributed by atoms with Gasteiger partial charge < -0.3 is 5.11 Å². The molecule has 2 heterocycles. The molecule has 0 saturated heterocycles. The molecule has 0 unspecified atom stereocenters. The highest BCUT2D eigenvalue weighted by Gasteiger charge is 2.32. The van der Waals surface area contributed by atoms with Crippen LogP contribution in [0.25, 0.3) is 0 Å². The van der Waals surface area contributed by atoms with Gasteiger partial charge in [0.05, 0.1) is 0 Å². The number of hydrogen-bond donors (Lipinski definition) is 1. The highest BCUT2D eigenvalue weighted by Crippen LogP contribution is 2.30. The largest absolute Gasteiger partial charge is 0.477 e. The number of nitrogens with zero attached hydrogens (tertiary/aromatic N) is 1. The normalized spacial score (nSPS) is 16.9. The van der Waals surface area contributed by atoms with Crippen LogP contribution < -0.4 is 0 Å². The van der Waals surface area contributed by atoms with Crippen molar-refractivity contribution in [3.05, 3.63) is 28.0 Å². The van der Waals surface area contributed by atoms with Crippen molar-refractivity contribution in [3.63, 3.8) is 0 Å². The summed E-state index contributed by atoms with van der Waals surface area (Å²) in [4.78, 5) is 10.9. The van der Waals surface area contributed by atoms with Crippen molar-refractivity contribution in [1.82, 2.24) is 4.31 Å². The monoisotopic (exact) mass is 287 g/mol. The van der Waals surface area contributed by atoms with Crippen molar-refractivity contribution in [2.45, 2.75) is 18.2 Å². The summed E-state index contributed by atoms with van der Waals surface area (Å²) in [5.41, 5.74) is 0.493. The number of hydrogen-bond acceptors (Lipinski definition) is 4. The molecule has 0 fully saturated rings. The van der Waals surface area contributed by atoms with E-state index >= 15 is 0 Å². The van der Waals surface area contributed by atoms with E-state index in [1.165, 1.54) is 4.31 Å². The van der Waals surface area contributed by atoms with Crippen LogP contribution >= 0.6 is 11.3 Å². The summed E-state index contributed by atoms with van der Waals surface area (Å²) in [5, 5.41) is 10.6. The minimum absolute atomic E-state index is 0.0599. The molecule has 0 atom stereocenters. The number of sulfonamides is 1. The van der Waals surface area contributed by atoms with Gasteiger partial charge in [0.2, 0.25) is 10.0 Å². The fourth-order valence-corrected chi connectivity index (χ4v) is 4.86. The van der Waals surface area contributed by atoms with Crippen LogP contribution in [0.15, 0.2) is 22.4 Å². The summed E-state index contributed by atoms with van der Waals surface area (Å²) in [6.45, 7) is 2.32. The standard InChI is InChI=1S/C11H13NO4S2/c1-8-7-17-9(11(13)14)10(8)18(15,16)12-5-3-2-4-6-12/h2-3,7H,4-6H2,1H3,(H,13,14). The van der Waals surface area contributed by atoms with Gasteiger partial charge in [-0.05, 0) is 24.3 Å². The van der Waals surface area contributed by atoms with Gasteiger partial charge >= 0.3 is 5.97 Å². The molecule has 0 radical (unpaired) electrons. The Balaban J connectivity index is 2.50. The summed E-state index contributed by atoms with van der Waals surface area (Å²) < 4.78 is 26.2. The molecule has 1 aromatic heterocycles. The lowest BCUT2D eigenvalue weighted by atomic mass is 10.3. The van der Waals surface area contributed by atoms with E-state index in [2.05, 4.69) is 0 Å². The fraction of sp³-hybridized carbons (Fsp3) is 0.364. The summed E-state index contributed by atoms with van der Waals surface area (Å²) in [5.74, 6) is -1.20. The Morgan fingerprint density at radius 2 is 2.17 bits per heavy atom. The molecule has 7 heteroatoms. The minimum Gasteiger partial charge on any atom is -0.477 e. The molecule has 0 bridgehead atoms. The maximum Gasteiger partial charge on any atom is 0.347 e. The van der Waals surface area contributed by atoms with Crippen LogP contribution in [0.2, 0.25) is 0 Å². The number of carbonyl (C=O) groups is 1. The van der Waals surface area contributed by atoms with Gasteiger partial charge in [-0.15, -0.1) is 11.3 Å². The molecular formula is C11H13NO4S2. The lowest BCUT2D eigenvalue weighted by Gasteiger charge is -2.23. The first-order valence-corrected chi connectivity index (χ1v) is 7.73. The molecule has 0 aliphatic carbocycles. The van der Waals surface area contributed by atoms with Crippen molar-refractivity contribution in [3.8, 4) is 0 Å². The molecule has 98 valence electrons. The van der Waals surface area contributed by atoms with Gasteiger partial charge in [0.15, 0.2) is 0 Å². The third-order valence-electron chi connectivity index (χ3n) is 2.73. The van der Waals surface area contributed by atoms with Gasteiger partial charge in [0, 0.05) is 13.1 Å². The second-order valence-corrected chi connectivity index (χ2v) is 6.76. The predicted octanol–water partition coefficient (Wildman–Crippen LogP) is 1.71. The minimum atomic E-state index is -3.71. The number of thiophene rings is 1. The smallest absolute Gasteiger partial charge is 0.347 e. The zero-order valence-electron chi connectivity index (χ0n) is 9.79. The maximum absolute atomic E-state index is 12.4. The number of carboxylic acid groups (broad SMARTS) is 1. The molecular weight excluding hydrogens is 274 g/mol. The van der Waals surface area contributed by atoms with Gasteiger partial charge in [-0.2, -0.15) is 4.31 Å². The van der Waals surface area contributed by atoms with Gasteiger partial charge in [-0.3, -0.25) is 0 Å². The van der Waals surface area contributed by atoms with Crippen molar-refractivity contribution >= 4 is 27.3 Å². The second kappa shape index (κ2) is 4.83. The van der Waals surface area contributed by atoms with Gasteiger partial charge in [0.1, 0.15) is 9.77 Å². The summed E-state index contributed by atoms with van der Waals surface area (Å²) in [6.07, 6.45) is 4.36. The lowest BCUT2D eigenvalue weighted by Crippen LogP contribution is -2.34. The van der Waals surface area contributed by atoms with E-state index in [1.807, 2.05) is 6.08 Å². The van der Waals surface area contributed by atoms with Crippen molar-refractivity contribution in [2.75, 3.05) is 13.1 Å². The van der Waals surface area contributed by atoms with Crippen molar-refractivity contribution in [1.29, 1.82) is 0 Å². The molecule has 0 saturated carbocycles. The van der Waals surface area contributed by atoms with Crippen LogP contribution in [0.3, 0.4) is 0 Å². The third-order valence-corrected chi connectivity index (χ3v) is 6.00. The zero-order chi connectivity index (χ0) is 13.3. The Bertz CT molecular complexity index is 601. The van der Waals surface area contributed by atoms with E-state index in [0.29, 0.717) is 25.1 Å². The molecule has 1 aliphatic heterocycles. The molecule has 5 nitrogen and oxygen atoms in total. The predicted molar refractivity (Wildman–Crippen MR) is 68.5 cm³/mol. The molecule has 2 rings (SSSR count). The van der Waals surface area contributed by atoms with Crippen LogP contribution in [-0.2, 0) is 10.0 Å². The second-order valence-electron chi connectivity index (χ2n) is 4.01. The molecule has 0 aromatic carbocycles. The van der Waals surface area contributed by atoms with Gasteiger partial charge in [-0.25, -0.2) is 13.2 Å². The van der Waals surface area contributed by atoms with Gasteiger partial charge in [0.25, 0.3) is 0 Å². The van der Waals surface area contributed by atoms with E-state index in [0.717, 1.165) is 11.3 Å². The van der Waals surface area contributed by atoms with Crippen molar-refractivity contribution in [2.24, 2.45) is 0 Å². The molecule has 18 heavy (non-hydrogen) atoms. The zero-order valence-corrected chi connectivity index (χ0v) is 11.4. The van der Waals surface area contributed by atoms with E-state index in [1.54, 1.807) is 18.4 Å². The van der Waals surface area contributed by atoms with Crippen LogP contribution in [0, 0.1) is 6.92 Å². The highest BCUT2D eigenvalue weighted by atomic mass is 32.2. The van der Waals surface area contributed by atoms with Crippen molar-refractivity contribution < 1.29 is 18.3 Å². The molecule has 1 N–H and O–H groups in total. The fourth-order valence-electron chi connectivity index (χ4n) is 1.87. The number of rotatable bonds is 3. The average molecular weight is 287 g/mol. The van der Waals surface area contributed by atoms with Gasteiger partial charge in [-0.1, -0.05) is 12.2 Å². The third kappa shape index (κ3) is 2.21. The first-order valence-electron chi connectivity index (χ1n) is 5.41. The quantitative estimate of drug-likeness (QED) is 0.859. The van der Waals surface area contributed by atoms with Crippen LogP contribution in [-0.4, -0.2) is 36.9 Å². The number of aromatic carboxylic acids is 1. The average Bonchev–Trinajstić information content (AvgIpc) is 2.73. The number of aryl methyl sites for hydroxylation is 1. The Labute approximate surface area is 109 Å².